The highest BCUT2D eigenvalue weighted by Gasteiger charge is 2.15. The summed E-state index contributed by atoms with van der Waals surface area (Å²) < 4.78 is 21.5. The van der Waals surface area contributed by atoms with Gasteiger partial charge < -0.3 is 23.7 Å². The van der Waals surface area contributed by atoms with Gasteiger partial charge in [0.2, 0.25) is 5.91 Å². The highest BCUT2D eigenvalue weighted by atomic mass is 16.5. The largest absolute Gasteiger partial charge is 0.497 e. The Balaban J connectivity index is 1.71. The van der Waals surface area contributed by atoms with Gasteiger partial charge in [-0.15, -0.1) is 0 Å². The maximum Gasteiger partial charge on any atom is 0.249 e. The molecule has 0 bridgehead atoms. The Morgan fingerprint density at radius 1 is 1.10 bits per heavy atom. The first-order chi connectivity index (χ1) is 15.0. The lowest BCUT2D eigenvalue weighted by atomic mass is 9.99. The van der Waals surface area contributed by atoms with E-state index >= 15 is 0 Å². The molecular weight excluding hydrogens is 396 g/mol. The zero-order chi connectivity index (χ0) is 22.0. The van der Waals surface area contributed by atoms with Gasteiger partial charge in [-0.2, -0.15) is 0 Å². The summed E-state index contributed by atoms with van der Waals surface area (Å²) in [6.07, 6.45) is 3.22. The average molecular weight is 418 g/mol. The average Bonchev–Trinajstić information content (AvgIpc) is 3.37. The van der Waals surface area contributed by atoms with Gasteiger partial charge in [0.15, 0.2) is 5.82 Å². The number of hydrogen-bond acceptors (Lipinski definition) is 6. The maximum atomic E-state index is 12.4. The number of methoxy groups -OCH3 is 2. The van der Waals surface area contributed by atoms with Crippen LogP contribution < -0.4 is 14.8 Å². The van der Waals surface area contributed by atoms with E-state index in [0.717, 1.165) is 33.4 Å². The summed E-state index contributed by atoms with van der Waals surface area (Å²) >= 11 is 0. The van der Waals surface area contributed by atoms with Gasteiger partial charge in [0, 0.05) is 34.7 Å². The smallest absolute Gasteiger partial charge is 0.249 e. The third kappa shape index (κ3) is 4.16. The number of benzene rings is 2. The molecule has 0 aliphatic carbocycles. The summed E-state index contributed by atoms with van der Waals surface area (Å²) in [7, 11) is 3.22. The van der Waals surface area contributed by atoms with Crippen LogP contribution in [0.4, 0.5) is 5.82 Å². The van der Waals surface area contributed by atoms with Crippen LogP contribution in [0.1, 0.15) is 18.2 Å². The van der Waals surface area contributed by atoms with Gasteiger partial charge in [-0.25, -0.2) is 0 Å². The SMILES string of the molecule is COc1ccc(-c2coc3cc(OC)c(/C(C)=C/C(=O)Nc4cc(C)on4)cc23)cc1. The van der Waals surface area contributed by atoms with Gasteiger partial charge in [-0.1, -0.05) is 17.3 Å². The van der Waals surface area contributed by atoms with Gasteiger partial charge in [0.25, 0.3) is 0 Å². The predicted octanol–water partition coefficient (Wildman–Crippen LogP) is 5.46. The van der Waals surface area contributed by atoms with Gasteiger partial charge >= 0.3 is 0 Å². The number of amides is 1. The molecule has 0 aliphatic rings. The van der Waals surface area contributed by atoms with Gasteiger partial charge in [-0.05, 0) is 43.2 Å². The van der Waals surface area contributed by atoms with Crippen molar-refractivity contribution in [2.45, 2.75) is 13.8 Å². The molecule has 2 aromatic carbocycles. The molecule has 0 radical (unpaired) electrons. The quantitative estimate of drug-likeness (QED) is 0.419. The molecule has 4 aromatic rings. The molecule has 158 valence electrons. The number of fused-ring (bicyclic) bond motifs is 1. The molecule has 7 heteroatoms. The van der Waals surface area contributed by atoms with Crippen molar-refractivity contribution in [3.8, 4) is 22.6 Å². The highest BCUT2D eigenvalue weighted by molar-refractivity contribution is 6.05. The van der Waals surface area contributed by atoms with Crippen molar-refractivity contribution in [1.29, 1.82) is 0 Å². The summed E-state index contributed by atoms with van der Waals surface area (Å²) in [6, 6.07) is 13.2. The lowest BCUT2D eigenvalue weighted by Crippen LogP contribution is -2.08. The molecule has 1 amide bonds. The molecule has 1 N–H and O–H groups in total. The maximum absolute atomic E-state index is 12.4. The number of rotatable bonds is 6. The Morgan fingerprint density at radius 2 is 1.87 bits per heavy atom. The van der Waals surface area contributed by atoms with Crippen LogP contribution in [0.25, 0.3) is 27.7 Å². The van der Waals surface area contributed by atoms with E-state index in [0.29, 0.717) is 22.9 Å². The number of carbonyl (C=O) groups excluding carboxylic acids is 1. The van der Waals surface area contributed by atoms with Crippen LogP contribution >= 0.6 is 0 Å². The van der Waals surface area contributed by atoms with Crippen molar-refractivity contribution in [2.24, 2.45) is 0 Å². The zero-order valence-electron chi connectivity index (χ0n) is 17.7. The Bertz CT molecular complexity index is 1270. The highest BCUT2D eigenvalue weighted by Crippen LogP contribution is 2.37. The van der Waals surface area contributed by atoms with Crippen LogP contribution in [0.2, 0.25) is 0 Å². The summed E-state index contributed by atoms with van der Waals surface area (Å²) in [5.41, 5.74) is 4.16. The Hall–Kier alpha value is -4.00. The minimum atomic E-state index is -0.310. The van der Waals surface area contributed by atoms with Crippen molar-refractivity contribution in [1.82, 2.24) is 5.16 Å². The van der Waals surface area contributed by atoms with E-state index in [2.05, 4.69) is 10.5 Å². The fourth-order valence-electron chi connectivity index (χ4n) is 3.39. The lowest BCUT2D eigenvalue weighted by Gasteiger charge is -2.10. The molecule has 0 aliphatic heterocycles. The topological polar surface area (TPSA) is 86.7 Å². The summed E-state index contributed by atoms with van der Waals surface area (Å²) in [4.78, 5) is 12.4. The number of ether oxygens (including phenoxy) is 2. The van der Waals surface area contributed by atoms with Crippen molar-refractivity contribution < 1.29 is 23.2 Å². The van der Waals surface area contributed by atoms with Crippen molar-refractivity contribution >= 4 is 28.3 Å². The summed E-state index contributed by atoms with van der Waals surface area (Å²) in [6.45, 7) is 3.61. The number of nitrogens with one attached hydrogen (secondary N) is 1. The Labute approximate surface area is 179 Å². The monoisotopic (exact) mass is 418 g/mol. The molecule has 7 nitrogen and oxygen atoms in total. The standard InChI is InChI=1S/C24H22N2O5/c1-14(9-24(27)25-23-10-15(2)31-26-23)18-11-19-20(13-30-22(19)12-21(18)29-4)16-5-7-17(28-3)8-6-16/h5-13H,1-4H3,(H,25,26,27)/b14-9+. The van der Waals surface area contributed by atoms with E-state index in [9.17, 15) is 4.79 Å². The van der Waals surface area contributed by atoms with E-state index in [1.54, 1.807) is 33.5 Å². The zero-order valence-corrected chi connectivity index (χ0v) is 17.7. The normalized spacial score (nSPS) is 11.5. The minimum Gasteiger partial charge on any atom is -0.497 e. The predicted molar refractivity (Wildman–Crippen MR) is 118 cm³/mol. The van der Waals surface area contributed by atoms with E-state index in [1.807, 2.05) is 43.3 Å². The number of nitrogens with zero attached hydrogens (tertiary/aromatic N) is 1. The third-order valence-corrected chi connectivity index (χ3v) is 4.95. The first-order valence-corrected chi connectivity index (χ1v) is 9.65. The molecule has 31 heavy (non-hydrogen) atoms. The minimum absolute atomic E-state index is 0.310. The number of hydrogen-bond donors (Lipinski definition) is 1. The van der Waals surface area contributed by atoms with Crippen molar-refractivity contribution in [2.75, 3.05) is 19.5 Å². The van der Waals surface area contributed by atoms with Crippen LogP contribution in [0.5, 0.6) is 11.5 Å². The number of aryl methyl sites for hydroxylation is 1. The first kappa shape index (κ1) is 20.3. The Morgan fingerprint density at radius 3 is 2.52 bits per heavy atom. The second kappa shape index (κ2) is 8.39. The first-order valence-electron chi connectivity index (χ1n) is 9.65. The molecule has 2 aromatic heterocycles. The number of carbonyl (C=O) groups is 1. The second-order valence-electron chi connectivity index (χ2n) is 7.07. The summed E-state index contributed by atoms with van der Waals surface area (Å²) in [5, 5.41) is 7.39. The van der Waals surface area contributed by atoms with Gasteiger partial charge in [0.1, 0.15) is 22.8 Å². The van der Waals surface area contributed by atoms with E-state index in [1.165, 1.54) is 6.08 Å². The fraction of sp³-hybridized carbons (Fsp3) is 0.167. The summed E-state index contributed by atoms with van der Waals surface area (Å²) in [5.74, 6) is 2.07. The third-order valence-electron chi connectivity index (χ3n) is 4.95. The van der Waals surface area contributed by atoms with Gasteiger partial charge in [0.05, 0.1) is 20.5 Å². The van der Waals surface area contributed by atoms with Crippen LogP contribution in [0.3, 0.4) is 0 Å². The van der Waals surface area contributed by atoms with Crippen LogP contribution in [0, 0.1) is 6.92 Å². The molecule has 0 saturated heterocycles. The van der Waals surface area contributed by atoms with Crippen molar-refractivity contribution in [3.63, 3.8) is 0 Å². The molecule has 0 saturated carbocycles. The molecule has 4 rings (SSSR count). The molecule has 0 fully saturated rings. The molecule has 2 heterocycles. The fourth-order valence-corrected chi connectivity index (χ4v) is 3.39. The molecule has 0 spiro atoms. The van der Waals surface area contributed by atoms with Crippen LogP contribution in [-0.2, 0) is 4.79 Å². The van der Waals surface area contributed by atoms with E-state index in [-0.39, 0.29) is 5.91 Å². The van der Waals surface area contributed by atoms with Crippen LogP contribution in [-0.4, -0.2) is 25.3 Å². The lowest BCUT2D eigenvalue weighted by molar-refractivity contribution is -0.111. The Kier molecular flexibility index (Phi) is 5.49. The number of furan rings is 1. The molecule has 0 atom stereocenters. The van der Waals surface area contributed by atoms with Crippen molar-refractivity contribution in [3.05, 3.63) is 66.1 Å². The number of aromatic nitrogens is 1. The van der Waals surface area contributed by atoms with Crippen LogP contribution in [0.15, 0.2) is 63.7 Å². The second-order valence-corrected chi connectivity index (χ2v) is 7.07. The molecule has 0 unspecified atom stereocenters. The van der Waals surface area contributed by atoms with E-state index in [4.69, 9.17) is 18.4 Å². The molecular formula is C24H22N2O5. The van der Waals surface area contributed by atoms with Gasteiger partial charge in [-0.3, -0.25) is 4.79 Å². The number of allylic oxidation sites excluding steroid dienone is 1. The van der Waals surface area contributed by atoms with E-state index < -0.39 is 0 Å². The number of anilines is 1.